The number of hydrogen-bond acceptors (Lipinski definition) is 6. The van der Waals surface area contributed by atoms with E-state index in [0.717, 1.165) is 35.6 Å². The van der Waals surface area contributed by atoms with Crippen LogP contribution in [0.3, 0.4) is 0 Å². The highest BCUT2D eigenvalue weighted by Gasteiger charge is 2.28. The first-order valence-electron chi connectivity index (χ1n) is 10.8. The average Bonchev–Trinajstić information content (AvgIpc) is 3.25. The van der Waals surface area contributed by atoms with E-state index in [1.54, 1.807) is 25.1 Å². The Hall–Kier alpha value is -3.42. The fraction of sp³-hybridized carbons (Fsp3) is 0.417. The molecule has 1 atom stereocenters. The minimum absolute atomic E-state index is 0.00102. The molecular formula is C24H28N4O4. The van der Waals surface area contributed by atoms with Crippen LogP contribution >= 0.6 is 0 Å². The predicted octanol–water partition coefficient (Wildman–Crippen LogP) is 2.85. The van der Waals surface area contributed by atoms with E-state index in [2.05, 4.69) is 9.97 Å². The number of methoxy groups -OCH3 is 1. The lowest BCUT2D eigenvalue weighted by molar-refractivity contribution is -0.133. The summed E-state index contributed by atoms with van der Waals surface area (Å²) in [5, 5.41) is 0. The second-order valence-corrected chi connectivity index (χ2v) is 8.28. The van der Waals surface area contributed by atoms with Gasteiger partial charge in [0.25, 0.3) is 0 Å². The molecule has 2 aromatic heterocycles. The summed E-state index contributed by atoms with van der Waals surface area (Å²) < 4.78 is 12.7. The molecule has 0 aliphatic carbocycles. The number of hydrogen-bond donors (Lipinski definition) is 0. The van der Waals surface area contributed by atoms with Gasteiger partial charge in [0.2, 0.25) is 5.91 Å². The van der Waals surface area contributed by atoms with Gasteiger partial charge in [-0.2, -0.15) is 4.98 Å². The van der Waals surface area contributed by atoms with Gasteiger partial charge in [-0.05, 0) is 50.5 Å². The molecule has 0 unspecified atom stereocenters. The molecule has 0 N–H and O–H groups in total. The summed E-state index contributed by atoms with van der Waals surface area (Å²) in [7, 11) is 1.65. The summed E-state index contributed by atoms with van der Waals surface area (Å²) >= 11 is 0. The summed E-state index contributed by atoms with van der Waals surface area (Å²) in [4.78, 5) is 35.3. The van der Waals surface area contributed by atoms with Crippen molar-refractivity contribution in [2.75, 3.05) is 20.2 Å². The number of rotatable bonds is 6. The van der Waals surface area contributed by atoms with E-state index in [1.807, 2.05) is 37.3 Å². The summed E-state index contributed by atoms with van der Waals surface area (Å²) in [5.74, 6) is 2.23. The van der Waals surface area contributed by atoms with Crippen LogP contribution in [0.25, 0.3) is 0 Å². The van der Waals surface area contributed by atoms with E-state index in [4.69, 9.17) is 9.15 Å². The maximum absolute atomic E-state index is 12.9. The molecule has 1 aliphatic heterocycles. The monoisotopic (exact) mass is 436 g/mol. The Morgan fingerprint density at radius 1 is 1.25 bits per heavy atom. The first-order valence-corrected chi connectivity index (χ1v) is 10.8. The number of carbonyl (C=O) groups excluding carboxylic acids is 1. The maximum atomic E-state index is 12.9. The highest BCUT2D eigenvalue weighted by Crippen LogP contribution is 2.27. The highest BCUT2D eigenvalue weighted by atomic mass is 16.5. The topological polar surface area (TPSA) is 90.5 Å². The normalized spacial score (nSPS) is 16.2. The minimum atomic E-state index is -0.389. The third-order valence-corrected chi connectivity index (χ3v) is 5.87. The quantitative estimate of drug-likeness (QED) is 0.590. The van der Waals surface area contributed by atoms with E-state index in [1.165, 1.54) is 4.57 Å². The zero-order valence-corrected chi connectivity index (χ0v) is 18.7. The first kappa shape index (κ1) is 21.8. The van der Waals surface area contributed by atoms with Crippen molar-refractivity contribution in [3.05, 3.63) is 75.6 Å². The van der Waals surface area contributed by atoms with Gasteiger partial charge in [-0.1, -0.05) is 12.1 Å². The standard InChI is InChI=1S/C24H28N4O4/c1-16-11-17(2)28(24(30)26-16)15-22(29)27-10-4-5-19(14-27)23-25-13-21(32-23)12-18-6-8-20(31-3)9-7-18/h6-9,11,13,19H,4-5,10,12,14-15H2,1-3H3/t19-/m1/s1. The highest BCUT2D eigenvalue weighted by molar-refractivity contribution is 5.76. The molecule has 0 saturated carbocycles. The number of benzene rings is 1. The molecule has 3 heterocycles. The van der Waals surface area contributed by atoms with Gasteiger partial charge < -0.3 is 14.1 Å². The number of likely N-dealkylation sites (tertiary alicyclic amines) is 1. The molecular weight excluding hydrogens is 408 g/mol. The van der Waals surface area contributed by atoms with Crippen molar-refractivity contribution in [2.45, 2.75) is 45.6 Å². The predicted molar refractivity (Wildman–Crippen MR) is 119 cm³/mol. The molecule has 1 aliphatic rings. The SMILES string of the molecule is COc1ccc(Cc2cnc([C@@H]3CCCN(C(=O)Cn4c(C)cc(C)nc4=O)C3)o2)cc1. The van der Waals surface area contributed by atoms with Crippen LogP contribution in [0.1, 0.15) is 47.4 Å². The van der Waals surface area contributed by atoms with Crippen molar-refractivity contribution in [3.63, 3.8) is 0 Å². The van der Waals surface area contributed by atoms with Crippen molar-refractivity contribution in [2.24, 2.45) is 0 Å². The lowest BCUT2D eigenvalue weighted by Crippen LogP contribution is -2.42. The zero-order chi connectivity index (χ0) is 22.7. The summed E-state index contributed by atoms with van der Waals surface area (Å²) in [6, 6.07) is 9.67. The van der Waals surface area contributed by atoms with Gasteiger partial charge in [-0.15, -0.1) is 0 Å². The van der Waals surface area contributed by atoms with E-state index >= 15 is 0 Å². The van der Waals surface area contributed by atoms with Gasteiger partial charge in [0.05, 0.1) is 19.2 Å². The van der Waals surface area contributed by atoms with E-state index < -0.39 is 0 Å². The molecule has 4 rings (SSSR count). The van der Waals surface area contributed by atoms with Gasteiger partial charge in [-0.3, -0.25) is 9.36 Å². The third-order valence-electron chi connectivity index (χ3n) is 5.87. The Morgan fingerprint density at radius 3 is 2.75 bits per heavy atom. The number of carbonyl (C=O) groups is 1. The molecule has 1 aromatic carbocycles. The van der Waals surface area contributed by atoms with Crippen LogP contribution in [0.4, 0.5) is 0 Å². The Labute approximate surface area is 186 Å². The lowest BCUT2D eigenvalue weighted by atomic mass is 9.98. The van der Waals surface area contributed by atoms with Crippen molar-refractivity contribution >= 4 is 5.91 Å². The second-order valence-electron chi connectivity index (χ2n) is 8.28. The van der Waals surface area contributed by atoms with Crippen LogP contribution in [-0.4, -0.2) is 45.5 Å². The molecule has 168 valence electrons. The lowest BCUT2D eigenvalue weighted by Gasteiger charge is -2.31. The van der Waals surface area contributed by atoms with Gasteiger partial charge in [-0.25, -0.2) is 9.78 Å². The number of piperidine rings is 1. The molecule has 3 aromatic rings. The second kappa shape index (κ2) is 9.38. The Balaban J connectivity index is 1.40. The van der Waals surface area contributed by atoms with E-state index in [9.17, 15) is 9.59 Å². The van der Waals surface area contributed by atoms with Crippen molar-refractivity contribution in [1.82, 2.24) is 19.4 Å². The summed E-state index contributed by atoms with van der Waals surface area (Å²) in [6.45, 7) is 4.80. The van der Waals surface area contributed by atoms with E-state index in [-0.39, 0.29) is 24.1 Å². The number of oxazole rings is 1. The maximum Gasteiger partial charge on any atom is 0.348 e. The fourth-order valence-corrected chi connectivity index (χ4v) is 4.15. The van der Waals surface area contributed by atoms with E-state index in [0.29, 0.717) is 31.1 Å². The molecule has 1 amide bonds. The van der Waals surface area contributed by atoms with Gasteiger partial charge in [0.1, 0.15) is 18.1 Å². The molecule has 0 radical (unpaired) electrons. The van der Waals surface area contributed by atoms with Crippen LogP contribution < -0.4 is 10.4 Å². The Kier molecular flexibility index (Phi) is 6.39. The Morgan fingerprint density at radius 2 is 2.03 bits per heavy atom. The number of aryl methyl sites for hydroxylation is 2. The largest absolute Gasteiger partial charge is 0.497 e. The summed E-state index contributed by atoms with van der Waals surface area (Å²) in [6.07, 6.45) is 4.19. The van der Waals surface area contributed by atoms with Crippen molar-refractivity contribution in [1.29, 1.82) is 0 Å². The molecule has 1 saturated heterocycles. The molecule has 0 bridgehead atoms. The average molecular weight is 437 g/mol. The number of ether oxygens (including phenoxy) is 1. The minimum Gasteiger partial charge on any atom is -0.497 e. The molecule has 32 heavy (non-hydrogen) atoms. The Bertz CT molecular complexity index is 1150. The van der Waals surface area contributed by atoms with Crippen molar-refractivity contribution < 1.29 is 13.9 Å². The fourth-order valence-electron chi connectivity index (χ4n) is 4.15. The van der Waals surface area contributed by atoms with Gasteiger partial charge in [0, 0.05) is 30.9 Å². The first-order chi connectivity index (χ1) is 15.4. The number of nitrogens with zero attached hydrogens (tertiary/aromatic N) is 4. The third kappa shape index (κ3) is 4.90. The zero-order valence-electron chi connectivity index (χ0n) is 18.7. The van der Waals surface area contributed by atoms with Gasteiger partial charge >= 0.3 is 5.69 Å². The van der Waals surface area contributed by atoms with Gasteiger partial charge in [0.15, 0.2) is 5.89 Å². The van der Waals surface area contributed by atoms with Crippen LogP contribution in [0, 0.1) is 13.8 Å². The smallest absolute Gasteiger partial charge is 0.348 e. The van der Waals surface area contributed by atoms with Crippen LogP contribution in [0.5, 0.6) is 5.75 Å². The van der Waals surface area contributed by atoms with Crippen LogP contribution in [0.15, 0.2) is 45.7 Å². The number of amides is 1. The van der Waals surface area contributed by atoms with Crippen molar-refractivity contribution in [3.8, 4) is 5.75 Å². The molecule has 8 heteroatoms. The number of aromatic nitrogens is 3. The summed E-state index contributed by atoms with van der Waals surface area (Å²) in [5.41, 5.74) is 2.12. The van der Waals surface area contributed by atoms with Crippen LogP contribution in [0.2, 0.25) is 0 Å². The molecule has 0 spiro atoms. The molecule has 8 nitrogen and oxygen atoms in total. The molecule has 1 fully saturated rings. The van der Waals surface area contributed by atoms with Crippen LogP contribution in [-0.2, 0) is 17.8 Å².